The van der Waals surface area contributed by atoms with Crippen LogP contribution in [0.25, 0.3) is 0 Å². The maximum Gasteiger partial charge on any atom is 0.162 e. The third kappa shape index (κ3) is 3.42. The number of benzene rings is 2. The smallest absolute Gasteiger partial charge is 0.162 e. The summed E-state index contributed by atoms with van der Waals surface area (Å²) in [5.74, 6) is 0.286. The van der Waals surface area contributed by atoms with Gasteiger partial charge in [-0.2, -0.15) is 0 Å². The van der Waals surface area contributed by atoms with Crippen LogP contribution in [0, 0.1) is 5.82 Å². The van der Waals surface area contributed by atoms with E-state index in [2.05, 4.69) is 21.2 Å². The molecule has 0 aliphatic rings. The zero-order chi connectivity index (χ0) is 14.5. The standard InChI is InChI=1S/C15H15BrFNO2/c1-2-20-14-5-3-4-10(15(14)19)9-18-13-7-6-11(17)8-12(13)16/h3-8,18-19H,2,9H2,1H3. The first-order valence-corrected chi connectivity index (χ1v) is 7.03. The molecule has 0 bridgehead atoms. The van der Waals surface area contributed by atoms with Crippen LogP contribution in [0.1, 0.15) is 12.5 Å². The fourth-order valence-electron chi connectivity index (χ4n) is 1.81. The summed E-state index contributed by atoms with van der Waals surface area (Å²) in [4.78, 5) is 0. The summed E-state index contributed by atoms with van der Waals surface area (Å²) in [5.41, 5.74) is 1.47. The van der Waals surface area contributed by atoms with Crippen molar-refractivity contribution in [3.8, 4) is 11.5 Å². The summed E-state index contributed by atoms with van der Waals surface area (Å²) in [6.07, 6.45) is 0. The van der Waals surface area contributed by atoms with Gasteiger partial charge in [-0.15, -0.1) is 0 Å². The number of anilines is 1. The van der Waals surface area contributed by atoms with Crippen molar-refractivity contribution >= 4 is 21.6 Å². The van der Waals surface area contributed by atoms with Gasteiger partial charge < -0.3 is 15.2 Å². The molecule has 5 heteroatoms. The fraction of sp³-hybridized carbons (Fsp3) is 0.200. The van der Waals surface area contributed by atoms with E-state index >= 15 is 0 Å². The van der Waals surface area contributed by atoms with Gasteiger partial charge in [-0.3, -0.25) is 0 Å². The van der Waals surface area contributed by atoms with Gasteiger partial charge in [0.25, 0.3) is 0 Å². The van der Waals surface area contributed by atoms with Gasteiger partial charge in [0, 0.05) is 22.3 Å². The van der Waals surface area contributed by atoms with Crippen LogP contribution in [-0.4, -0.2) is 11.7 Å². The van der Waals surface area contributed by atoms with E-state index in [1.165, 1.54) is 12.1 Å². The minimum absolute atomic E-state index is 0.125. The Balaban J connectivity index is 2.12. The van der Waals surface area contributed by atoms with Crippen LogP contribution in [0.4, 0.5) is 10.1 Å². The minimum Gasteiger partial charge on any atom is -0.504 e. The van der Waals surface area contributed by atoms with Crippen LogP contribution >= 0.6 is 15.9 Å². The zero-order valence-corrected chi connectivity index (χ0v) is 12.6. The van der Waals surface area contributed by atoms with Gasteiger partial charge in [0.05, 0.1) is 6.61 Å². The van der Waals surface area contributed by atoms with Crippen molar-refractivity contribution in [1.29, 1.82) is 0 Å². The average molecular weight is 340 g/mol. The Morgan fingerprint density at radius 2 is 2.10 bits per heavy atom. The minimum atomic E-state index is -0.302. The van der Waals surface area contributed by atoms with E-state index in [-0.39, 0.29) is 11.6 Å². The molecule has 0 aliphatic carbocycles. The first-order chi connectivity index (χ1) is 9.61. The lowest BCUT2D eigenvalue weighted by Gasteiger charge is -2.12. The van der Waals surface area contributed by atoms with Crippen molar-refractivity contribution < 1.29 is 14.2 Å². The lowest BCUT2D eigenvalue weighted by molar-refractivity contribution is 0.317. The second-order valence-corrected chi connectivity index (χ2v) is 5.03. The predicted molar refractivity (Wildman–Crippen MR) is 80.7 cm³/mol. The Hall–Kier alpha value is -1.75. The quantitative estimate of drug-likeness (QED) is 0.853. The number of aromatic hydroxyl groups is 1. The number of hydrogen-bond donors (Lipinski definition) is 2. The van der Waals surface area contributed by atoms with E-state index in [1.807, 2.05) is 19.1 Å². The molecular formula is C15H15BrFNO2. The Kier molecular flexibility index (Phi) is 4.84. The molecule has 0 amide bonds. The second-order valence-electron chi connectivity index (χ2n) is 4.17. The van der Waals surface area contributed by atoms with Gasteiger partial charge in [-0.1, -0.05) is 12.1 Å². The molecule has 0 unspecified atom stereocenters. The van der Waals surface area contributed by atoms with Gasteiger partial charge in [-0.25, -0.2) is 4.39 Å². The molecule has 2 aromatic rings. The van der Waals surface area contributed by atoms with Crippen LogP contribution in [0.3, 0.4) is 0 Å². The number of phenols is 1. The van der Waals surface area contributed by atoms with Crippen LogP contribution in [-0.2, 0) is 6.54 Å². The van der Waals surface area contributed by atoms with Crippen molar-refractivity contribution in [2.75, 3.05) is 11.9 Å². The largest absolute Gasteiger partial charge is 0.504 e. The molecule has 0 aromatic heterocycles. The third-order valence-corrected chi connectivity index (χ3v) is 3.44. The number of halogens is 2. The maximum atomic E-state index is 13.0. The van der Waals surface area contributed by atoms with Gasteiger partial charge in [-0.05, 0) is 47.1 Å². The first-order valence-electron chi connectivity index (χ1n) is 6.24. The topological polar surface area (TPSA) is 41.5 Å². The van der Waals surface area contributed by atoms with Crippen LogP contribution < -0.4 is 10.1 Å². The van der Waals surface area contributed by atoms with Gasteiger partial charge in [0.15, 0.2) is 11.5 Å². The highest BCUT2D eigenvalue weighted by molar-refractivity contribution is 9.10. The lowest BCUT2D eigenvalue weighted by Crippen LogP contribution is -2.02. The predicted octanol–water partition coefficient (Wildman–Crippen LogP) is 4.30. The van der Waals surface area contributed by atoms with E-state index in [0.29, 0.717) is 28.9 Å². The normalized spacial score (nSPS) is 10.3. The highest BCUT2D eigenvalue weighted by Crippen LogP contribution is 2.31. The van der Waals surface area contributed by atoms with Crippen molar-refractivity contribution in [3.63, 3.8) is 0 Å². The highest BCUT2D eigenvalue weighted by Gasteiger charge is 2.08. The molecule has 2 aromatic carbocycles. The zero-order valence-electron chi connectivity index (χ0n) is 11.0. The molecule has 0 atom stereocenters. The Morgan fingerprint density at radius 1 is 1.30 bits per heavy atom. The van der Waals surface area contributed by atoms with Gasteiger partial charge in [0.1, 0.15) is 5.82 Å². The molecule has 0 aliphatic heterocycles. The van der Waals surface area contributed by atoms with Crippen LogP contribution in [0.2, 0.25) is 0 Å². The molecule has 0 heterocycles. The molecule has 0 radical (unpaired) electrons. The van der Waals surface area contributed by atoms with Gasteiger partial charge >= 0.3 is 0 Å². The maximum absolute atomic E-state index is 13.0. The highest BCUT2D eigenvalue weighted by atomic mass is 79.9. The summed E-state index contributed by atoms with van der Waals surface area (Å²) >= 11 is 3.29. The summed E-state index contributed by atoms with van der Waals surface area (Å²) in [7, 11) is 0. The van der Waals surface area contributed by atoms with Crippen molar-refractivity contribution in [3.05, 3.63) is 52.3 Å². The lowest BCUT2D eigenvalue weighted by atomic mass is 10.2. The summed E-state index contributed by atoms with van der Waals surface area (Å²) in [5, 5.41) is 13.2. The summed E-state index contributed by atoms with van der Waals surface area (Å²) in [6.45, 7) is 2.77. The van der Waals surface area contributed by atoms with Crippen molar-refractivity contribution in [2.24, 2.45) is 0 Å². The van der Waals surface area contributed by atoms with Gasteiger partial charge in [0.2, 0.25) is 0 Å². The van der Waals surface area contributed by atoms with E-state index in [1.54, 1.807) is 12.1 Å². The molecule has 20 heavy (non-hydrogen) atoms. The number of rotatable bonds is 5. The summed E-state index contributed by atoms with van der Waals surface area (Å²) in [6, 6.07) is 9.76. The fourth-order valence-corrected chi connectivity index (χ4v) is 2.30. The van der Waals surface area contributed by atoms with E-state index in [4.69, 9.17) is 4.74 Å². The third-order valence-electron chi connectivity index (χ3n) is 2.78. The van der Waals surface area contributed by atoms with E-state index in [0.717, 1.165) is 5.69 Å². The molecule has 2 rings (SSSR count). The number of ether oxygens (including phenoxy) is 1. The molecule has 0 fully saturated rings. The van der Waals surface area contributed by atoms with Crippen LogP contribution in [0.5, 0.6) is 11.5 Å². The molecule has 2 N–H and O–H groups in total. The molecule has 0 saturated carbocycles. The molecular weight excluding hydrogens is 325 g/mol. The van der Waals surface area contributed by atoms with Crippen LogP contribution in [0.15, 0.2) is 40.9 Å². The van der Waals surface area contributed by atoms with E-state index < -0.39 is 0 Å². The molecule has 3 nitrogen and oxygen atoms in total. The first kappa shape index (κ1) is 14.7. The SMILES string of the molecule is CCOc1cccc(CNc2ccc(F)cc2Br)c1O. The molecule has 106 valence electrons. The van der Waals surface area contributed by atoms with Crippen molar-refractivity contribution in [2.45, 2.75) is 13.5 Å². The number of para-hydroxylation sites is 1. The Labute approximate surface area is 125 Å². The number of hydrogen-bond acceptors (Lipinski definition) is 3. The number of nitrogens with one attached hydrogen (secondary N) is 1. The van der Waals surface area contributed by atoms with E-state index in [9.17, 15) is 9.50 Å². The average Bonchev–Trinajstić information content (AvgIpc) is 2.42. The number of phenolic OH excluding ortho intramolecular Hbond substituents is 1. The van der Waals surface area contributed by atoms with Crippen molar-refractivity contribution in [1.82, 2.24) is 0 Å². The summed E-state index contributed by atoms with van der Waals surface area (Å²) < 4.78 is 19.0. The monoisotopic (exact) mass is 339 g/mol. The Bertz CT molecular complexity index is 604. The Morgan fingerprint density at radius 3 is 2.80 bits per heavy atom. The second kappa shape index (κ2) is 6.61. The molecule has 0 saturated heterocycles. The molecule has 0 spiro atoms.